The van der Waals surface area contributed by atoms with Gasteiger partial charge in [0, 0.05) is 5.56 Å². The third kappa shape index (κ3) is 2.44. The van der Waals surface area contributed by atoms with Crippen molar-refractivity contribution in [1.82, 2.24) is 0 Å². The lowest BCUT2D eigenvalue weighted by molar-refractivity contribution is 0.398. The molecule has 0 unspecified atom stereocenters. The fraction of sp³-hybridized carbons (Fsp3) is 0.538. The zero-order valence-corrected chi connectivity index (χ0v) is 9.80. The zero-order valence-electron chi connectivity index (χ0n) is 9.80. The van der Waals surface area contributed by atoms with Crippen molar-refractivity contribution in [3.05, 3.63) is 22.8 Å². The first kappa shape index (κ1) is 11.9. The summed E-state index contributed by atoms with van der Waals surface area (Å²) >= 11 is 0. The highest BCUT2D eigenvalue weighted by Crippen LogP contribution is 2.35. The van der Waals surface area contributed by atoms with Crippen LogP contribution in [0.2, 0.25) is 0 Å². The molecule has 0 bridgehead atoms. The van der Waals surface area contributed by atoms with Gasteiger partial charge in [-0.25, -0.2) is 0 Å². The largest absolute Gasteiger partial charge is 0.504 e. The second-order valence-electron chi connectivity index (χ2n) is 4.01. The van der Waals surface area contributed by atoms with Gasteiger partial charge in [0.1, 0.15) is 0 Å². The molecule has 0 radical (unpaired) electrons. The maximum atomic E-state index is 9.75. The predicted octanol–water partition coefficient (Wildman–Crippen LogP) is 3.31. The van der Waals surface area contributed by atoms with E-state index in [1.807, 2.05) is 6.92 Å². The van der Waals surface area contributed by atoms with Crippen LogP contribution in [0.4, 0.5) is 0 Å². The van der Waals surface area contributed by atoms with Gasteiger partial charge in [-0.3, -0.25) is 0 Å². The quantitative estimate of drug-likeness (QED) is 0.745. The van der Waals surface area contributed by atoms with Gasteiger partial charge in [0.15, 0.2) is 11.5 Å². The van der Waals surface area contributed by atoms with Crippen LogP contribution >= 0.6 is 0 Å². The first-order chi connectivity index (χ1) is 7.11. The van der Waals surface area contributed by atoms with Crippen molar-refractivity contribution in [2.24, 2.45) is 0 Å². The molecule has 0 aromatic heterocycles. The van der Waals surface area contributed by atoms with Gasteiger partial charge in [-0.2, -0.15) is 0 Å². The molecule has 0 fully saturated rings. The summed E-state index contributed by atoms with van der Waals surface area (Å²) in [5.74, 6) is 0.0849. The predicted molar refractivity (Wildman–Crippen MR) is 62.5 cm³/mol. The Hall–Kier alpha value is -1.18. The molecule has 2 heteroatoms. The molecule has 0 spiro atoms. The van der Waals surface area contributed by atoms with E-state index >= 15 is 0 Å². The van der Waals surface area contributed by atoms with Gasteiger partial charge in [-0.15, -0.1) is 0 Å². The molecule has 0 amide bonds. The Morgan fingerprint density at radius 2 is 1.67 bits per heavy atom. The molecule has 0 atom stereocenters. The molecule has 0 aliphatic heterocycles. The minimum Gasteiger partial charge on any atom is -0.504 e. The van der Waals surface area contributed by atoms with Gasteiger partial charge in [0.2, 0.25) is 0 Å². The number of aryl methyl sites for hydroxylation is 1. The second-order valence-corrected chi connectivity index (χ2v) is 4.01. The van der Waals surface area contributed by atoms with Crippen LogP contribution < -0.4 is 0 Å². The Balaban J connectivity index is 3.22. The number of benzene rings is 1. The minimum atomic E-state index is 0.0208. The van der Waals surface area contributed by atoms with E-state index in [0.29, 0.717) is 0 Å². The average molecular weight is 208 g/mol. The summed E-state index contributed by atoms with van der Waals surface area (Å²) < 4.78 is 0. The Morgan fingerprint density at radius 1 is 1.07 bits per heavy atom. The molecule has 2 nitrogen and oxygen atoms in total. The Bertz CT molecular complexity index is 343. The fourth-order valence-electron chi connectivity index (χ4n) is 1.95. The Kier molecular flexibility index (Phi) is 4.01. The first-order valence-electron chi connectivity index (χ1n) is 5.65. The summed E-state index contributed by atoms with van der Waals surface area (Å²) in [5.41, 5.74) is 3.19. The van der Waals surface area contributed by atoms with Crippen molar-refractivity contribution in [3.63, 3.8) is 0 Å². The van der Waals surface area contributed by atoms with Crippen LogP contribution in [0.3, 0.4) is 0 Å². The van der Waals surface area contributed by atoms with Crippen molar-refractivity contribution in [2.45, 2.75) is 46.5 Å². The van der Waals surface area contributed by atoms with E-state index in [9.17, 15) is 10.2 Å². The summed E-state index contributed by atoms with van der Waals surface area (Å²) in [6.07, 6.45) is 3.80. The molecule has 0 saturated carbocycles. The lowest BCUT2D eigenvalue weighted by Gasteiger charge is -2.13. The van der Waals surface area contributed by atoms with Gasteiger partial charge in [0.05, 0.1) is 0 Å². The van der Waals surface area contributed by atoms with Gasteiger partial charge >= 0.3 is 0 Å². The molecule has 1 aromatic rings. The number of aromatic hydroxyl groups is 2. The third-order valence-electron chi connectivity index (χ3n) is 2.79. The van der Waals surface area contributed by atoms with E-state index in [2.05, 4.69) is 13.8 Å². The highest BCUT2D eigenvalue weighted by molar-refractivity contribution is 5.52. The summed E-state index contributed by atoms with van der Waals surface area (Å²) in [6.45, 7) is 6.21. The number of phenolic OH excluding ortho intramolecular Hbond substituents is 2. The molecule has 1 rings (SSSR count). The molecular formula is C13H20O2. The number of hydrogen-bond donors (Lipinski definition) is 2. The molecule has 84 valence electrons. The Morgan fingerprint density at radius 3 is 2.20 bits per heavy atom. The number of hydrogen-bond acceptors (Lipinski definition) is 2. The topological polar surface area (TPSA) is 40.5 Å². The van der Waals surface area contributed by atoms with Crippen molar-refractivity contribution >= 4 is 0 Å². The van der Waals surface area contributed by atoms with Crippen LogP contribution in [0.25, 0.3) is 0 Å². The van der Waals surface area contributed by atoms with E-state index in [4.69, 9.17) is 0 Å². The minimum absolute atomic E-state index is 0.0208. The lowest BCUT2D eigenvalue weighted by atomic mass is 9.95. The smallest absolute Gasteiger partial charge is 0.160 e. The molecule has 0 heterocycles. The van der Waals surface area contributed by atoms with E-state index < -0.39 is 0 Å². The zero-order chi connectivity index (χ0) is 11.4. The van der Waals surface area contributed by atoms with Gasteiger partial charge in [0.25, 0.3) is 0 Å². The van der Waals surface area contributed by atoms with Crippen LogP contribution in [0.1, 0.15) is 43.4 Å². The van der Waals surface area contributed by atoms with Crippen LogP contribution in [0, 0.1) is 6.92 Å². The summed E-state index contributed by atoms with van der Waals surface area (Å²) in [7, 11) is 0. The van der Waals surface area contributed by atoms with E-state index in [1.54, 1.807) is 6.07 Å². The second kappa shape index (κ2) is 5.06. The van der Waals surface area contributed by atoms with Crippen LogP contribution in [0.5, 0.6) is 11.5 Å². The van der Waals surface area contributed by atoms with E-state index in [0.717, 1.165) is 42.4 Å². The van der Waals surface area contributed by atoms with Crippen LogP contribution in [-0.2, 0) is 12.8 Å². The van der Waals surface area contributed by atoms with Gasteiger partial charge in [-0.05, 0) is 37.0 Å². The molecule has 2 N–H and O–H groups in total. The molecular weight excluding hydrogens is 188 g/mol. The normalized spacial score (nSPS) is 10.6. The lowest BCUT2D eigenvalue weighted by Crippen LogP contribution is -1.96. The van der Waals surface area contributed by atoms with Crippen molar-refractivity contribution in [1.29, 1.82) is 0 Å². The summed E-state index contributed by atoms with van der Waals surface area (Å²) in [6, 6.07) is 1.69. The summed E-state index contributed by atoms with van der Waals surface area (Å²) in [4.78, 5) is 0. The fourth-order valence-corrected chi connectivity index (χ4v) is 1.95. The molecule has 1 aromatic carbocycles. The first-order valence-corrected chi connectivity index (χ1v) is 5.65. The maximum Gasteiger partial charge on any atom is 0.160 e. The SMILES string of the molecule is CCCc1cc(O)c(O)c(CCC)c1C. The van der Waals surface area contributed by atoms with Crippen molar-refractivity contribution < 1.29 is 10.2 Å². The molecule has 15 heavy (non-hydrogen) atoms. The molecule has 0 saturated heterocycles. The van der Waals surface area contributed by atoms with E-state index in [-0.39, 0.29) is 11.5 Å². The number of rotatable bonds is 4. The Labute approximate surface area is 91.6 Å². The summed E-state index contributed by atoms with van der Waals surface area (Å²) in [5, 5.41) is 19.4. The third-order valence-corrected chi connectivity index (χ3v) is 2.79. The van der Waals surface area contributed by atoms with Gasteiger partial charge in [-0.1, -0.05) is 26.7 Å². The standard InChI is InChI=1S/C13H20O2/c1-4-6-10-8-12(14)13(15)11(7-5-2)9(10)3/h8,14-15H,4-7H2,1-3H3. The van der Waals surface area contributed by atoms with E-state index in [1.165, 1.54) is 0 Å². The maximum absolute atomic E-state index is 9.75. The monoisotopic (exact) mass is 208 g/mol. The van der Waals surface area contributed by atoms with Crippen molar-refractivity contribution in [3.8, 4) is 11.5 Å². The molecule has 0 aliphatic carbocycles. The van der Waals surface area contributed by atoms with Crippen LogP contribution in [-0.4, -0.2) is 10.2 Å². The van der Waals surface area contributed by atoms with Crippen LogP contribution in [0.15, 0.2) is 6.07 Å². The number of phenols is 2. The highest BCUT2D eigenvalue weighted by atomic mass is 16.3. The highest BCUT2D eigenvalue weighted by Gasteiger charge is 2.12. The molecule has 0 aliphatic rings. The van der Waals surface area contributed by atoms with Crippen molar-refractivity contribution in [2.75, 3.05) is 0 Å². The average Bonchev–Trinajstić information content (AvgIpc) is 2.21. The van der Waals surface area contributed by atoms with Gasteiger partial charge < -0.3 is 10.2 Å².